The highest BCUT2D eigenvalue weighted by atomic mass is 32.2. The highest BCUT2D eigenvalue weighted by molar-refractivity contribution is 8.00. The van der Waals surface area contributed by atoms with Gasteiger partial charge in [-0.2, -0.15) is 16.1 Å². The lowest BCUT2D eigenvalue weighted by Crippen LogP contribution is -2.44. The van der Waals surface area contributed by atoms with Crippen LogP contribution in [0, 0.1) is 5.82 Å². The number of thioether (sulfide) groups is 1. The molecule has 0 bridgehead atoms. The van der Waals surface area contributed by atoms with E-state index in [0.29, 0.717) is 19.6 Å². The molecule has 0 saturated carbocycles. The van der Waals surface area contributed by atoms with Crippen molar-refractivity contribution in [3.05, 3.63) is 29.6 Å². The predicted octanol–water partition coefficient (Wildman–Crippen LogP) is 2.06. The maximum absolute atomic E-state index is 14.0. The molecule has 1 aliphatic rings. The Labute approximate surface area is 130 Å². The van der Waals surface area contributed by atoms with Gasteiger partial charge in [-0.25, -0.2) is 12.8 Å². The SMILES string of the molecule is CNCc1ccc(F)c(S(=O)(=O)N2CC(C)SC(C)C2)c1. The van der Waals surface area contributed by atoms with E-state index in [2.05, 4.69) is 5.32 Å². The fourth-order valence-electron chi connectivity index (χ4n) is 2.53. The maximum Gasteiger partial charge on any atom is 0.246 e. The van der Waals surface area contributed by atoms with E-state index in [0.717, 1.165) is 5.56 Å². The van der Waals surface area contributed by atoms with E-state index >= 15 is 0 Å². The molecule has 1 saturated heterocycles. The van der Waals surface area contributed by atoms with Gasteiger partial charge in [0, 0.05) is 30.1 Å². The summed E-state index contributed by atoms with van der Waals surface area (Å²) in [7, 11) is -2.02. The third-order valence-electron chi connectivity index (χ3n) is 3.38. The van der Waals surface area contributed by atoms with Crippen molar-refractivity contribution in [3.8, 4) is 0 Å². The second kappa shape index (κ2) is 6.64. The molecule has 0 amide bonds. The van der Waals surface area contributed by atoms with Crippen molar-refractivity contribution < 1.29 is 12.8 Å². The van der Waals surface area contributed by atoms with Crippen LogP contribution >= 0.6 is 11.8 Å². The van der Waals surface area contributed by atoms with Gasteiger partial charge >= 0.3 is 0 Å². The number of nitrogens with zero attached hydrogens (tertiary/aromatic N) is 1. The zero-order chi connectivity index (χ0) is 15.6. The average molecular weight is 332 g/mol. The molecule has 2 rings (SSSR count). The Morgan fingerprint density at radius 3 is 2.52 bits per heavy atom. The van der Waals surface area contributed by atoms with Gasteiger partial charge in [0.15, 0.2) is 0 Å². The number of rotatable bonds is 4. The molecule has 1 aromatic rings. The van der Waals surface area contributed by atoms with E-state index < -0.39 is 15.8 Å². The summed E-state index contributed by atoms with van der Waals surface area (Å²) in [6.45, 7) is 5.35. The highest BCUT2D eigenvalue weighted by Crippen LogP contribution is 2.30. The van der Waals surface area contributed by atoms with E-state index in [1.165, 1.54) is 16.4 Å². The third-order valence-corrected chi connectivity index (χ3v) is 6.45. The summed E-state index contributed by atoms with van der Waals surface area (Å²) in [6.07, 6.45) is 0. The Kier molecular flexibility index (Phi) is 5.29. The Hall–Kier alpha value is -0.630. The number of benzene rings is 1. The van der Waals surface area contributed by atoms with Crippen molar-refractivity contribution in [1.82, 2.24) is 9.62 Å². The van der Waals surface area contributed by atoms with Gasteiger partial charge < -0.3 is 5.32 Å². The van der Waals surface area contributed by atoms with Crippen LogP contribution in [0.2, 0.25) is 0 Å². The van der Waals surface area contributed by atoms with Crippen LogP contribution in [-0.2, 0) is 16.6 Å². The van der Waals surface area contributed by atoms with Crippen molar-refractivity contribution in [2.75, 3.05) is 20.1 Å². The predicted molar refractivity (Wildman–Crippen MR) is 84.4 cm³/mol. The fraction of sp³-hybridized carbons (Fsp3) is 0.571. The number of hydrogen-bond acceptors (Lipinski definition) is 4. The monoisotopic (exact) mass is 332 g/mol. The van der Waals surface area contributed by atoms with Crippen LogP contribution in [0.4, 0.5) is 4.39 Å². The van der Waals surface area contributed by atoms with Crippen LogP contribution < -0.4 is 5.32 Å². The van der Waals surface area contributed by atoms with Crippen molar-refractivity contribution in [2.45, 2.75) is 35.8 Å². The molecule has 2 unspecified atom stereocenters. The van der Waals surface area contributed by atoms with Crippen molar-refractivity contribution >= 4 is 21.8 Å². The van der Waals surface area contributed by atoms with Gasteiger partial charge in [-0.3, -0.25) is 0 Å². The van der Waals surface area contributed by atoms with Gasteiger partial charge in [-0.1, -0.05) is 19.9 Å². The van der Waals surface area contributed by atoms with Gasteiger partial charge in [-0.15, -0.1) is 0 Å². The molecule has 1 aliphatic heterocycles. The first-order chi connectivity index (χ1) is 9.84. The number of sulfonamides is 1. The zero-order valence-corrected chi connectivity index (χ0v) is 14.1. The maximum atomic E-state index is 14.0. The van der Waals surface area contributed by atoms with E-state index in [1.807, 2.05) is 13.8 Å². The quantitative estimate of drug-likeness (QED) is 0.917. The number of nitrogens with one attached hydrogen (secondary N) is 1. The van der Waals surface area contributed by atoms with Gasteiger partial charge in [0.2, 0.25) is 10.0 Å². The van der Waals surface area contributed by atoms with Gasteiger partial charge in [-0.05, 0) is 24.7 Å². The molecule has 0 radical (unpaired) electrons. The Morgan fingerprint density at radius 1 is 1.33 bits per heavy atom. The minimum Gasteiger partial charge on any atom is -0.316 e. The largest absolute Gasteiger partial charge is 0.316 e. The standard InChI is InChI=1S/C14H21FN2O2S2/c1-10-8-17(9-11(2)20-10)21(18,19)14-6-12(7-16-3)4-5-13(14)15/h4-6,10-11,16H,7-9H2,1-3H3. The molecule has 118 valence electrons. The Bertz CT molecular complexity index is 597. The molecule has 0 aromatic heterocycles. The van der Waals surface area contributed by atoms with E-state index in [9.17, 15) is 12.8 Å². The summed E-state index contributed by atoms with van der Waals surface area (Å²) in [5.41, 5.74) is 0.755. The summed E-state index contributed by atoms with van der Waals surface area (Å²) in [6, 6.07) is 4.26. The minimum absolute atomic E-state index is 0.215. The van der Waals surface area contributed by atoms with E-state index in [-0.39, 0.29) is 15.4 Å². The van der Waals surface area contributed by atoms with Crippen LogP contribution in [-0.4, -0.2) is 43.4 Å². The zero-order valence-electron chi connectivity index (χ0n) is 12.5. The summed E-state index contributed by atoms with van der Waals surface area (Å²) in [5.74, 6) is -0.687. The van der Waals surface area contributed by atoms with Gasteiger partial charge in [0.05, 0.1) is 0 Å². The van der Waals surface area contributed by atoms with Crippen molar-refractivity contribution in [2.24, 2.45) is 0 Å². The minimum atomic E-state index is -3.78. The van der Waals surface area contributed by atoms with Gasteiger partial charge in [0.25, 0.3) is 0 Å². The normalized spacial score (nSPS) is 24.2. The van der Waals surface area contributed by atoms with E-state index in [4.69, 9.17) is 0 Å². The molecule has 1 N–H and O–H groups in total. The topological polar surface area (TPSA) is 49.4 Å². The lowest BCUT2D eigenvalue weighted by molar-refractivity contribution is 0.401. The first-order valence-corrected chi connectivity index (χ1v) is 9.31. The highest BCUT2D eigenvalue weighted by Gasteiger charge is 2.33. The first-order valence-electron chi connectivity index (χ1n) is 6.93. The van der Waals surface area contributed by atoms with Crippen LogP contribution in [0.3, 0.4) is 0 Å². The second-order valence-corrected chi connectivity index (χ2v) is 9.16. The number of hydrogen-bond donors (Lipinski definition) is 1. The molecule has 1 heterocycles. The smallest absolute Gasteiger partial charge is 0.246 e. The molecular weight excluding hydrogens is 311 g/mol. The van der Waals surface area contributed by atoms with Crippen LogP contribution in [0.25, 0.3) is 0 Å². The molecule has 1 aromatic carbocycles. The molecule has 2 atom stereocenters. The molecule has 4 nitrogen and oxygen atoms in total. The summed E-state index contributed by atoms with van der Waals surface area (Å²) >= 11 is 1.76. The lowest BCUT2D eigenvalue weighted by Gasteiger charge is -2.33. The fourth-order valence-corrected chi connectivity index (χ4v) is 5.77. The molecule has 1 fully saturated rings. The van der Waals surface area contributed by atoms with Crippen molar-refractivity contribution in [1.29, 1.82) is 0 Å². The van der Waals surface area contributed by atoms with Crippen LogP contribution in [0.15, 0.2) is 23.1 Å². The Balaban J connectivity index is 2.36. The lowest BCUT2D eigenvalue weighted by atomic mass is 10.2. The average Bonchev–Trinajstić information content (AvgIpc) is 2.40. The van der Waals surface area contributed by atoms with E-state index in [1.54, 1.807) is 24.9 Å². The van der Waals surface area contributed by atoms with Crippen LogP contribution in [0.1, 0.15) is 19.4 Å². The molecule has 0 spiro atoms. The first kappa shape index (κ1) is 16.7. The second-order valence-electron chi connectivity index (χ2n) is 5.37. The van der Waals surface area contributed by atoms with Gasteiger partial charge in [0.1, 0.15) is 10.7 Å². The molecule has 7 heteroatoms. The number of halogens is 1. The summed E-state index contributed by atoms with van der Waals surface area (Å²) in [4.78, 5) is -0.221. The third kappa shape index (κ3) is 3.77. The molecular formula is C14H21FN2O2S2. The summed E-state index contributed by atoms with van der Waals surface area (Å²) < 4.78 is 40.9. The molecule has 21 heavy (non-hydrogen) atoms. The Morgan fingerprint density at radius 2 is 1.95 bits per heavy atom. The summed E-state index contributed by atoms with van der Waals surface area (Å²) in [5, 5.41) is 3.37. The van der Waals surface area contributed by atoms with Crippen molar-refractivity contribution in [3.63, 3.8) is 0 Å². The molecule has 0 aliphatic carbocycles. The van der Waals surface area contributed by atoms with Crippen LogP contribution in [0.5, 0.6) is 0 Å².